The number of unbranched alkanes of at least 4 members (excludes halogenated alkanes) is 1. The van der Waals surface area contributed by atoms with Crippen LogP contribution in [0.15, 0.2) is 54.6 Å². The van der Waals surface area contributed by atoms with E-state index in [1.54, 1.807) is 12.1 Å². The summed E-state index contributed by atoms with van der Waals surface area (Å²) in [5.41, 5.74) is 13.5. The highest BCUT2D eigenvalue weighted by Gasteiger charge is 2.46. The molecule has 2 bridgehead atoms. The van der Waals surface area contributed by atoms with Gasteiger partial charge in [-0.3, -0.25) is 19.2 Å². The molecule has 0 spiro atoms. The number of nitrogens with zero attached hydrogens (tertiary/aromatic N) is 1. The summed E-state index contributed by atoms with van der Waals surface area (Å²) in [7, 11) is 0. The zero-order valence-corrected chi connectivity index (χ0v) is 27.5. The van der Waals surface area contributed by atoms with Crippen LogP contribution in [0.1, 0.15) is 57.1 Å². The molecule has 2 heterocycles. The lowest BCUT2D eigenvalue weighted by Gasteiger charge is -2.54. The largest absolute Gasteiger partial charge is 0.508 e. The first kappa shape index (κ1) is 35.8. The lowest BCUT2D eigenvalue weighted by molar-refractivity contribution is -0.151. The van der Waals surface area contributed by atoms with E-state index in [-0.39, 0.29) is 42.5 Å². The lowest BCUT2D eigenvalue weighted by Crippen LogP contribution is -2.72. The summed E-state index contributed by atoms with van der Waals surface area (Å²) < 4.78 is 0. The summed E-state index contributed by atoms with van der Waals surface area (Å²) in [6.45, 7) is 5.88. The first-order valence-electron chi connectivity index (χ1n) is 16.8. The normalized spacial score (nSPS) is 19.6. The summed E-state index contributed by atoms with van der Waals surface area (Å²) >= 11 is 0. The van der Waals surface area contributed by atoms with Crippen molar-refractivity contribution in [2.45, 2.75) is 95.0 Å². The Morgan fingerprint density at radius 3 is 2.04 bits per heavy atom. The Morgan fingerprint density at radius 2 is 1.43 bits per heavy atom. The first-order valence-corrected chi connectivity index (χ1v) is 16.8. The van der Waals surface area contributed by atoms with E-state index in [0.717, 1.165) is 37.1 Å². The summed E-state index contributed by atoms with van der Waals surface area (Å²) in [4.78, 5) is 56.5. The van der Waals surface area contributed by atoms with Crippen LogP contribution in [-0.4, -0.2) is 89.5 Å². The third kappa shape index (κ3) is 10.2. The van der Waals surface area contributed by atoms with E-state index >= 15 is 0 Å². The van der Waals surface area contributed by atoms with E-state index in [1.807, 2.05) is 49.1 Å². The van der Waals surface area contributed by atoms with Crippen LogP contribution < -0.4 is 32.7 Å². The van der Waals surface area contributed by atoms with Gasteiger partial charge in [0.05, 0.1) is 6.04 Å². The van der Waals surface area contributed by atoms with Gasteiger partial charge in [0, 0.05) is 31.6 Å². The van der Waals surface area contributed by atoms with E-state index in [1.165, 1.54) is 12.1 Å². The molecule has 0 radical (unpaired) electrons. The van der Waals surface area contributed by atoms with Crippen molar-refractivity contribution in [3.05, 3.63) is 65.7 Å². The molecule has 2 saturated heterocycles. The van der Waals surface area contributed by atoms with Gasteiger partial charge in [-0.05, 0) is 74.2 Å². The van der Waals surface area contributed by atoms with Crippen LogP contribution in [-0.2, 0) is 32.0 Å². The number of carbonyl (C=O) groups is 4. The second-order valence-electron chi connectivity index (χ2n) is 13.2. The fourth-order valence-corrected chi connectivity index (χ4v) is 6.34. The predicted octanol–water partition coefficient (Wildman–Crippen LogP) is 0.707. The third-order valence-electron chi connectivity index (χ3n) is 8.89. The van der Waals surface area contributed by atoms with Crippen LogP contribution in [0.25, 0.3) is 0 Å². The molecule has 2 fully saturated rings. The molecule has 0 aromatic heterocycles. The predicted molar refractivity (Wildman–Crippen MR) is 180 cm³/mol. The van der Waals surface area contributed by atoms with Crippen molar-refractivity contribution in [2.75, 3.05) is 19.6 Å². The van der Waals surface area contributed by atoms with E-state index in [4.69, 9.17) is 11.5 Å². The number of piperidine rings is 1. The standard InChI is InChI=1S/C35H51N7O5/c1-22(2)16-30(33(45)39-29(10-6-7-15-36)35(47)42-25-19-26(42)21-38-20-25)41-34(46)31(18-23-8-4-3-5-9-23)40-32(44)28(37)17-24-11-13-27(43)14-12-24/h3-5,8-9,11-14,22,25-26,28-31,38,43H,6-7,10,15-21,36-37H2,1-2H3,(H,39,45)(H,40,44)(H,41,46). The Morgan fingerprint density at radius 1 is 0.830 bits per heavy atom. The molecule has 4 rings (SSSR count). The monoisotopic (exact) mass is 649 g/mol. The second kappa shape index (κ2) is 17.2. The number of phenols is 1. The van der Waals surface area contributed by atoms with Gasteiger partial charge in [0.1, 0.15) is 23.9 Å². The summed E-state index contributed by atoms with van der Waals surface area (Å²) in [5, 5.41) is 21.6. The molecule has 9 N–H and O–H groups in total. The number of aromatic hydroxyl groups is 1. The number of phenolic OH excluding ortho intramolecular Hbond substituents is 1. The van der Waals surface area contributed by atoms with Crippen molar-refractivity contribution < 1.29 is 24.3 Å². The van der Waals surface area contributed by atoms with Crippen molar-refractivity contribution >= 4 is 23.6 Å². The smallest absolute Gasteiger partial charge is 0.245 e. The molecular formula is C35H51N7O5. The fourth-order valence-electron chi connectivity index (χ4n) is 6.34. The summed E-state index contributed by atoms with van der Waals surface area (Å²) in [6.07, 6.45) is 3.57. The van der Waals surface area contributed by atoms with Gasteiger partial charge in [0.25, 0.3) is 0 Å². The zero-order valence-electron chi connectivity index (χ0n) is 27.5. The zero-order chi connectivity index (χ0) is 33.9. The number of hydrogen-bond donors (Lipinski definition) is 7. The van der Waals surface area contributed by atoms with Gasteiger partial charge >= 0.3 is 0 Å². The maximum Gasteiger partial charge on any atom is 0.245 e. The van der Waals surface area contributed by atoms with Crippen LogP contribution in [0, 0.1) is 5.92 Å². The highest BCUT2D eigenvalue weighted by molar-refractivity contribution is 5.95. The van der Waals surface area contributed by atoms with Crippen LogP contribution in [0.5, 0.6) is 5.75 Å². The van der Waals surface area contributed by atoms with Gasteiger partial charge in [0.2, 0.25) is 23.6 Å². The number of fused-ring (bicyclic) bond motifs is 2. The number of piperazine rings is 1. The van der Waals surface area contributed by atoms with Gasteiger partial charge in [0.15, 0.2) is 0 Å². The number of benzene rings is 2. The average Bonchev–Trinajstić information content (AvgIpc) is 3.05. The minimum Gasteiger partial charge on any atom is -0.508 e. The molecule has 256 valence electrons. The molecule has 2 aromatic carbocycles. The molecular weight excluding hydrogens is 598 g/mol. The first-order chi connectivity index (χ1) is 22.5. The highest BCUT2D eigenvalue weighted by Crippen LogP contribution is 2.29. The Balaban J connectivity index is 1.47. The van der Waals surface area contributed by atoms with Gasteiger partial charge in [-0.25, -0.2) is 0 Å². The minimum absolute atomic E-state index is 0.0548. The van der Waals surface area contributed by atoms with Crippen molar-refractivity contribution in [1.29, 1.82) is 0 Å². The van der Waals surface area contributed by atoms with Crippen molar-refractivity contribution in [2.24, 2.45) is 17.4 Å². The second-order valence-corrected chi connectivity index (χ2v) is 13.2. The maximum atomic E-state index is 13.9. The molecule has 4 amide bonds. The van der Waals surface area contributed by atoms with Crippen LogP contribution in [0.2, 0.25) is 0 Å². The molecule has 0 aliphatic carbocycles. The van der Waals surface area contributed by atoms with Gasteiger partial charge < -0.3 is 42.7 Å². The molecule has 2 aromatic rings. The Hall–Kier alpha value is -4.00. The van der Waals surface area contributed by atoms with Crippen LogP contribution in [0.3, 0.4) is 0 Å². The molecule has 6 unspecified atom stereocenters. The SMILES string of the molecule is CC(C)CC(NC(=O)C(Cc1ccccc1)NC(=O)C(N)Cc1ccc(O)cc1)C(=O)NC(CCCCN)C(=O)N1C2CNCC1C2. The van der Waals surface area contributed by atoms with E-state index in [2.05, 4.69) is 21.3 Å². The number of hydrogen-bond acceptors (Lipinski definition) is 8. The van der Waals surface area contributed by atoms with Crippen LogP contribution >= 0.6 is 0 Å². The van der Waals surface area contributed by atoms with Gasteiger partial charge in [-0.2, -0.15) is 0 Å². The summed E-state index contributed by atoms with van der Waals surface area (Å²) in [6, 6.07) is 12.4. The lowest BCUT2D eigenvalue weighted by atomic mass is 9.87. The fraction of sp³-hybridized carbons (Fsp3) is 0.543. The maximum absolute atomic E-state index is 13.9. The highest BCUT2D eigenvalue weighted by atomic mass is 16.3. The Bertz CT molecular complexity index is 1330. The van der Waals surface area contributed by atoms with E-state index in [0.29, 0.717) is 25.8 Å². The topological polar surface area (TPSA) is 192 Å². The number of carbonyl (C=O) groups excluding carboxylic acids is 4. The third-order valence-corrected chi connectivity index (χ3v) is 8.89. The number of amides is 4. The molecule has 47 heavy (non-hydrogen) atoms. The minimum atomic E-state index is -1.01. The van der Waals surface area contributed by atoms with Gasteiger partial charge in [-0.1, -0.05) is 56.3 Å². The van der Waals surface area contributed by atoms with E-state index < -0.39 is 41.9 Å². The average molecular weight is 650 g/mol. The molecule has 12 heteroatoms. The molecule has 6 atom stereocenters. The summed E-state index contributed by atoms with van der Waals surface area (Å²) in [5.74, 6) is -1.40. The molecule has 2 aliphatic rings. The van der Waals surface area contributed by atoms with Crippen molar-refractivity contribution in [3.8, 4) is 5.75 Å². The van der Waals surface area contributed by atoms with Crippen molar-refractivity contribution in [3.63, 3.8) is 0 Å². The Labute approximate surface area is 277 Å². The van der Waals surface area contributed by atoms with Crippen LogP contribution in [0.4, 0.5) is 0 Å². The van der Waals surface area contributed by atoms with Crippen molar-refractivity contribution in [1.82, 2.24) is 26.2 Å². The number of nitrogens with one attached hydrogen (secondary N) is 4. The van der Waals surface area contributed by atoms with E-state index in [9.17, 15) is 24.3 Å². The quantitative estimate of drug-likeness (QED) is 0.122. The number of nitrogens with two attached hydrogens (primary N) is 2. The van der Waals surface area contributed by atoms with Gasteiger partial charge in [-0.15, -0.1) is 0 Å². The Kier molecular flexibility index (Phi) is 13.1. The molecule has 12 nitrogen and oxygen atoms in total. The molecule has 2 aliphatic heterocycles. The molecule has 0 saturated carbocycles. The number of rotatable bonds is 17.